The highest BCUT2D eigenvalue weighted by atomic mass is 32.1. The van der Waals surface area contributed by atoms with Crippen molar-refractivity contribution in [3.8, 4) is 11.5 Å². The molecule has 0 spiro atoms. The second-order valence-electron chi connectivity index (χ2n) is 2.47. The molecule has 0 saturated heterocycles. The molecule has 2 nitrogen and oxygen atoms in total. The van der Waals surface area contributed by atoms with Crippen molar-refractivity contribution in [1.29, 1.82) is 0 Å². The van der Waals surface area contributed by atoms with Crippen LogP contribution in [0.15, 0.2) is 17.0 Å². The van der Waals surface area contributed by atoms with Crippen molar-refractivity contribution >= 4 is 12.6 Å². The zero-order chi connectivity index (χ0) is 9.14. The number of hydrogen-bond acceptors (Lipinski definition) is 2. The maximum absolute atomic E-state index is 5.10. The lowest BCUT2D eigenvalue weighted by Crippen LogP contribution is -1.91. The van der Waals surface area contributed by atoms with Gasteiger partial charge < -0.3 is 9.47 Å². The molecular weight excluding hydrogens is 172 g/mol. The third kappa shape index (κ3) is 1.61. The molecule has 3 heteroatoms. The summed E-state index contributed by atoms with van der Waals surface area (Å²) in [5.74, 6) is 1.41. The summed E-state index contributed by atoms with van der Waals surface area (Å²) in [6.45, 7) is 1.95. The normalized spacial score (nSPS) is 9.58. The maximum Gasteiger partial charge on any atom is 0.162 e. The van der Waals surface area contributed by atoms with E-state index in [0.29, 0.717) is 5.75 Å². The quantitative estimate of drug-likeness (QED) is 0.701. The molecule has 1 rings (SSSR count). The Balaban J connectivity index is 3.19. The number of ether oxygens (including phenoxy) is 2. The molecule has 0 N–H and O–H groups in total. The van der Waals surface area contributed by atoms with Crippen LogP contribution >= 0.6 is 12.6 Å². The Morgan fingerprint density at radius 1 is 1.08 bits per heavy atom. The smallest absolute Gasteiger partial charge is 0.162 e. The minimum atomic E-state index is 0.688. The Morgan fingerprint density at radius 3 is 2.08 bits per heavy atom. The van der Waals surface area contributed by atoms with Gasteiger partial charge in [0.15, 0.2) is 11.5 Å². The van der Waals surface area contributed by atoms with Crippen LogP contribution in [0.25, 0.3) is 0 Å². The zero-order valence-electron chi connectivity index (χ0n) is 7.38. The van der Waals surface area contributed by atoms with E-state index in [4.69, 9.17) is 22.1 Å². The molecule has 0 atom stereocenters. The van der Waals surface area contributed by atoms with Crippen molar-refractivity contribution in [1.82, 2.24) is 0 Å². The van der Waals surface area contributed by atoms with E-state index in [2.05, 4.69) is 0 Å². The fourth-order valence-corrected chi connectivity index (χ4v) is 1.13. The summed E-state index contributed by atoms with van der Waals surface area (Å²) in [6, 6.07) is 3.67. The van der Waals surface area contributed by atoms with Crippen LogP contribution in [0.3, 0.4) is 0 Å². The molecular formula is C9H11O2S. The highest BCUT2D eigenvalue weighted by molar-refractivity contribution is 7.80. The van der Waals surface area contributed by atoms with Gasteiger partial charge in [-0.2, -0.15) is 0 Å². The lowest BCUT2D eigenvalue weighted by atomic mass is 10.2. The predicted molar refractivity (Wildman–Crippen MR) is 50.1 cm³/mol. The zero-order valence-corrected chi connectivity index (χ0v) is 8.20. The minimum absolute atomic E-state index is 0.688. The monoisotopic (exact) mass is 183 g/mol. The Bertz CT molecular complexity index is 255. The van der Waals surface area contributed by atoms with Gasteiger partial charge in [-0.1, -0.05) is 12.6 Å². The lowest BCUT2D eigenvalue weighted by Gasteiger charge is -2.08. The molecule has 1 aromatic carbocycles. The van der Waals surface area contributed by atoms with Gasteiger partial charge in [0.1, 0.15) is 0 Å². The van der Waals surface area contributed by atoms with Crippen molar-refractivity contribution < 1.29 is 9.47 Å². The first-order chi connectivity index (χ1) is 5.69. The summed E-state index contributed by atoms with van der Waals surface area (Å²) in [5, 5.41) is 0. The first kappa shape index (κ1) is 9.13. The predicted octanol–water partition coefficient (Wildman–Crippen LogP) is 2.57. The van der Waals surface area contributed by atoms with Crippen molar-refractivity contribution in [2.45, 2.75) is 11.8 Å². The molecule has 0 bridgehead atoms. The lowest BCUT2D eigenvalue weighted by molar-refractivity contribution is 0.353. The third-order valence-corrected chi connectivity index (χ3v) is 2.12. The molecule has 0 aliphatic carbocycles. The van der Waals surface area contributed by atoms with E-state index in [0.717, 1.165) is 16.2 Å². The van der Waals surface area contributed by atoms with Crippen molar-refractivity contribution in [3.05, 3.63) is 17.7 Å². The van der Waals surface area contributed by atoms with E-state index < -0.39 is 0 Å². The molecule has 0 saturated carbocycles. The molecule has 12 heavy (non-hydrogen) atoms. The maximum atomic E-state index is 5.10. The summed E-state index contributed by atoms with van der Waals surface area (Å²) in [6.07, 6.45) is 0. The fraction of sp³-hybridized carbons (Fsp3) is 0.333. The fourth-order valence-electron chi connectivity index (χ4n) is 0.962. The van der Waals surface area contributed by atoms with Gasteiger partial charge in [0.05, 0.1) is 14.2 Å². The van der Waals surface area contributed by atoms with Gasteiger partial charge in [-0.05, 0) is 18.6 Å². The van der Waals surface area contributed by atoms with Crippen LogP contribution in [0.2, 0.25) is 0 Å². The number of methoxy groups -OCH3 is 2. The molecule has 1 aromatic rings. The molecule has 1 radical (unpaired) electrons. The van der Waals surface area contributed by atoms with Gasteiger partial charge in [0, 0.05) is 11.0 Å². The van der Waals surface area contributed by atoms with E-state index in [1.165, 1.54) is 0 Å². The number of benzene rings is 1. The van der Waals surface area contributed by atoms with E-state index in [1.54, 1.807) is 20.3 Å². The van der Waals surface area contributed by atoms with Gasteiger partial charge in [-0.3, -0.25) is 0 Å². The summed E-state index contributed by atoms with van der Waals surface area (Å²) in [7, 11) is 3.21. The number of rotatable bonds is 2. The Labute approximate surface area is 77.9 Å². The van der Waals surface area contributed by atoms with Gasteiger partial charge in [-0.25, -0.2) is 0 Å². The second-order valence-corrected chi connectivity index (χ2v) is 2.91. The average molecular weight is 183 g/mol. The van der Waals surface area contributed by atoms with E-state index in [-0.39, 0.29) is 0 Å². The molecule has 0 amide bonds. The van der Waals surface area contributed by atoms with Crippen molar-refractivity contribution in [2.75, 3.05) is 14.2 Å². The molecule has 0 unspecified atom stereocenters. The van der Waals surface area contributed by atoms with Crippen molar-refractivity contribution in [3.63, 3.8) is 0 Å². The van der Waals surface area contributed by atoms with Crippen LogP contribution < -0.4 is 9.47 Å². The van der Waals surface area contributed by atoms with Crippen LogP contribution in [0.4, 0.5) is 0 Å². The molecule has 0 fully saturated rings. The van der Waals surface area contributed by atoms with Crippen LogP contribution in [-0.2, 0) is 0 Å². The topological polar surface area (TPSA) is 18.5 Å². The molecule has 0 aliphatic heterocycles. The SMILES string of the molecule is COc1cc(C)c([S])cc1OC. The molecule has 65 valence electrons. The number of aryl methyl sites for hydroxylation is 1. The third-order valence-electron chi connectivity index (χ3n) is 1.68. The molecule has 0 aromatic heterocycles. The highest BCUT2D eigenvalue weighted by Crippen LogP contribution is 2.31. The molecule has 0 aliphatic rings. The van der Waals surface area contributed by atoms with Crippen molar-refractivity contribution in [2.24, 2.45) is 0 Å². The van der Waals surface area contributed by atoms with Gasteiger partial charge in [0.2, 0.25) is 0 Å². The largest absolute Gasteiger partial charge is 0.493 e. The Morgan fingerprint density at radius 2 is 1.58 bits per heavy atom. The second kappa shape index (κ2) is 3.63. The van der Waals surface area contributed by atoms with Gasteiger partial charge in [0.25, 0.3) is 0 Å². The van der Waals surface area contributed by atoms with E-state index in [9.17, 15) is 0 Å². The van der Waals surface area contributed by atoms with E-state index >= 15 is 0 Å². The van der Waals surface area contributed by atoms with Gasteiger partial charge >= 0.3 is 0 Å². The molecule has 0 heterocycles. The van der Waals surface area contributed by atoms with Gasteiger partial charge in [-0.15, -0.1) is 0 Å². The van der Waals surface area contributed by atoms with E-state index in [1.807, 2.05) is 13.0 Å². The van der Waals surface area contributed by atoms with Crippen LogP contribution in [-0.4, -0.2) is 14.2 Å². The summed E-state index contributed by atoms with van der Waals surface area (Å²) in [4.78, 5) is 0.799. The average Bonchev–Trinajstić information content (AvgIpc) is 2.09. The van der Waals surface area contributed by atoms with Crippen LogP contribution in [0.5, 0.6) is 11.5 Å². The summed E-state index contributed by atoms with van der Waals surface area (Å²) >= 11 is 5.08. The first-order valence-electron chi connectivity index (χ1n) is 3.58. The first-order valence-corrected chi connectivity index (χ1v) is 3.99. The summed E-state index contributed by atoms with van der Waals surface area (Å²) < 4.78 is 10.2. The van der Waals surface area contributed by atoms with Crippen LogP contribution in [0, 0.1) is 6.92 Å². The number of hydrogen-bond donors (Lipinski definition) is 0. The summed E-state index contributed by atoms with van der Waals surface area (Å²) in [5.41, 5.74) is 1.03. The van der Waals surface area contributed by atoms with Crippen LogP contribution in [0.1, 0.15) is 5.56 Å². The standard InChI is InChI=1S/C9H11O2S/c1-6-4-7(10-2)8(11-3)5-9(6)12/h4-5H,1-3H3. The Hall–Kier alpha value is -0.960. The Kier molecular flexibility index (Phi) is 2.76. The minimum Gasteiger partial charge on any atom is -0.493 e. The highest BCUT2D eigenvalue weighted by Gasteiger charge is 2.05.